The van der Waals surface area contributed by atoms with Gasteiger partial charge in [0, 0.05) is 31.7 Å². The van der Waals surface area contributed by atoms with Gasteiger partial charge >= 0.3 is 5.97 Å². The number of carbonyl (C=O) groups excluding carboxylic acids is 1. The molecule has 2 rings (SSSR count). The van der Waals surface area contributed by atoms with Crippen LogP contribution in [-0.2, 0) is 16.1 Å². The molecule has 0 radical (unpaired) electrons. The van der Waals surface area contributed by atoms with Crippen LogP contribution in [0.2, 0.25) is 0 Å². The molecule has 1 aromatic carbocycles. The molecular formula is C14H18F2N2O2. The van der Waals surface area contributed by atoms with Gasteiger partial charge in [0.05, 0.1) is 6.61 Å². The first-order valence-electron chi connectivity index (χ1n) is 6.67. The Morgan fingerprint density at radius 3 is 2.80 bits per heavy atom. The molecule has 1 aromatic rings. The van der Waals surface area contributed by atoms with Crippen LogP contribution in [0.3, 0.4) is 0 Å². The molecule has 0 aromatic heterocycles. The van der Waals surface area contributed by atoms with Gasteiger partial charge in [0.25, 0.3) is 0 Å². The molecule has 1 saturated heterocycles. The highest BCUT2D eigenvalue weighted by Gasteiger charge is 2.30. The molecule has 110 valence electrons. The van der Waals surface area contributed by atoms with Crippen molar-refractivity contribution in [3.63, 3.8) is 0 Å². The Kier molecular flexibility index (Phi) is 5.03. The normalized spacial score (nSPS) is 19.9. The Hall–Kier alpha value is -1.53. The summed E-state index contributed by atoms with van der Waals surface area (Å²) < 4.78 is 32.4. The lowest BCUT2D eigenvalue weighted by Gasteiger charge is -2.34. The Balaban J connectivity index is 2.14. The fourth-order valence-corrected chi connectivity index (χ4v) is 2.29. The van der Waals surface area contributed by atoms with E-state index < -0.39 is 17.7 Å². The quantitative estimate of drug-likeness (QED) is 0.846. The van der Waals surface area contributed by atoms with E-state index >= 15 is 0 Å². The van der Waals surface area contributed by atoms with Gasteiger partial charge < -0.3 is 10.1 Å². The highest BCUT2D eigenvalue weighted by atomic mass is 19.1. The number of rotatable bonds is 4. The van der Waals surface area contributed by atoms with Crippen LogP contribution in [0.4, 0.5) is 8.78 Å². The number of carbonyl (C=O) groups is 1. The van der Waals surface area contributed by atoms with Gasteiger partial charge in [-0.2, -0.15) is 0 Å². The van der Waals surface area contributed by atoms with Gasteiger partial charge in [-0.3, -0.25) is 9.69 Å². The van der Waals surface area contributed by atoms with E-state index in [1.54, 1.807) is 11.8 Å². The van der Waals surface area contributed by atoms with Crippen molar-refractivity contribution in [3.05, 3.63) is 35.4 Å². The van der Waals surface area contributed by atoms with Crippen molar-refractivity contribution < 1.29 is 18.3 Å². The first-order valence-corrected chi connectivity index (χ1v) is 6.67. The van der Waals surface area contributed by atoms with Crippen molar-refractivity contribution in [1.82, 2.24) is 10.2 Å². The van der Waals surface area contributed by atoms with Crippen molar-refractivity contribution in [2.24, 2.45) is 0 Å². The standard InChI is InChI=1S/C14H18F2N2O2/c1-2-20-14(19)13-8-17-6-7-18(13)9-10-11(15)4-3-5-12(10)16/h3-5,13,17H,2,6-9H2,1H3. The molecule has 1 heterocycles. The van der Waals surface area contributed by atoms with Crippen molar-refractivity contribution in [2.45, 2.75) is 19.5 Å². The molecule has 20 heavy (non-hydrogen) atoms. The van der Waals surface area contributed by atoms with Crippen LogP contribution in [0.1, 0.15) is 12.5 Å². The largest absolute Gasteiger partial charge is 0.465 e. The number of piperazine rings is 1. The molecular weight excluding hydrogens is 266 g/mol. The second-order valence-corrected chi connectivity index (χ2v) is 4.64. The Labute approximate surface area is 116 Å². The van der Waals surface area contributed by atoms with Crippen molar-refractivity contribution >= 4 is 5.97 Å². The maximum Gasteiger partial charge on any atom is 0.324 e. The highest BCUT2D eigenvalue weighted by molar-refractivity contribution is 5.76. The van der Waals surface area contributed by atoms with E-state index in [2.05, 4.69) is 5.32 Å². The molecule has 0 saturated carbocycles. The monoisotopic (exact) mass is 284 g/mol. The van der Waals surface area contributed by atoms with Crippen LogP contribution in [0.15, 0.2) is 18.2 Å². The zero-order valence-corrected chi connectivity index (χ0v) is 11.4. The van der Waals surface area contributed by atoms with E-state index in [-0.39, 0.29) is 24.7 Å². The number of nitrogens with one attached hydrogen (secondary N) is 1. The van der Waals surface area contributed by atoms with Crippen molar-refractivity contribution in [1.29, 1.82) is 0 Å². The summed E-state index contributed by atoms with van der Waals surface area (Å²) in [6.07, 6.45) is 0. The zero-order valence-electron chi connectivity index (χ0n) is 11.4. The van der Waals surface area contributed by atoms with E-state index in [9.17, 15) is 13.6 Å². The van der Waals surface area contributed by atoms with Crippen LogP contribution in [-0.4, -0.2) is 43.2 Å². The molecule has 4 nitrogen and oxygen atoms in total. The number of benzene rings is 1. The fourth-order valence-electron chi connectivity index (χ4n) is 2.29. The summed E-state index contributed by atoms with van der Waals surface area (Å²) in [6.45, 7) is 3.72. The third kappa shape index (κ3) is 3.32. The predicted molar refractivity (Wildman–Crippen MR) is 70.1 cm³/mol. The predicted octanol–water partition coefficient (Wildman–Crippen LogP) is 1.30. The summed E-state index contributed by atoms with van der Waals surface area (Å²) in [5.41, 5.74) is -0.0105. The first-order chi connectivity index (χ1) is 9.63. The Morgan fingerprint density at radius 1 is 1.45 bits per heavy atom. The first kappa shape index (κ1) is 14.9. The second kappa shape index (κ2) is 6.76. The van der Waals surface area contributed by atoms with Crippen molar-refractivity contribution in [2.75, 3.05) is 26.2 Å². The minimum Gasteiger partial charge on any atom is -0.465 e. The van der Waals surface area contributed by atoms with Gasteiger partial charge in [-0.1, -0.05) is 6.07 Å². The SMILES string of the molecule is CCOC(=O)C1CNCCN1Cc1c(F)cccc1F. The van der Waals surface area contributed by atoms with Gasteiger partial charge in [0.2, 0.25) is 0 Å². The molecule has 0 aliphatic carbocycles. The third-order valence-electron chi connectivity index (χ3n) is 3.34. The van der Waals surface area contributed by atoms with E-state index in [1.165, 1.54) is 18.2 Å². The second-order valence-electron chi connectivity index (χ2n) is 4.64. The van der Waals surface area contributed by atoms with Gasteiger partial charge in [0.15, 0.2) is 0 Å². The lowest BCUT2D eigenvalue weighted by Crippen LogP contribution is -2.55. The maximum atomic E-state index is 13.7. The minimum atomic E-state index is -0.592. The summed E-state index contributed by atoms with van der Waals surface area (Å²) in [5.74, 6) is -1.55. The number of hydrogen-bond donors (Lipinski definition) is 1. The molecule has 1 aliphatic rings. The zero-order chi connectivity index (χ0) is 14.5. The minimum absolute atomic E-state index is 0.0105. The number of esters is 1. The summed E-state index contributed by atoms with van der Waals surface area (Å²) in [6, 6.07) is 3.26. The summed E-state index contributed by atoms with van der Waals surface area (Å²) in [4.78, 5) is 13.6. The van der Waals surface area contributed by atoms with Crippen LogP contribution in [0, 0.1) is 11.6 Å². The third-order valence-corrected chi connectivity index (χ3v) is 3.34. The molecule has 1 unspecified atom stereocenters. The van der Waals surface area contributed by atoms with Crippen LogP contribution in [0.5, 0.6) is 0 Å². The van der Waals surface area contributed by atoms with Crippen LogP contribution >= 0.6 is 0 Å². The molecule has 1 atom stereocenters. The van der Waals surface area contributed by atoms with Gasteiger partial charge in [0.1, 0.15) is 17.7 Å². The summed E-state index contributed by atoms with van der Waals surface area (Å²) in [7, 11) is 0. The number of ether oxygens (including phenoxy) is 1. The smallest absolute Gasteiger partial charge is 0.324 e. The maximum absolute atomic E-state index is 13.7. The molecule has 0 amide bonds. The molecule has 0 spiro atoms. The highest BCUT2D eigenvalue weighted by Crippen LogP contribution is 2.17. The molecule has 6 heteroatoms. The van der Waals surface area contributed by atoms with Gasteiger partial charge in [-0.05, 0) is 19.1 Å². The van der Waals surface area contributed by atoms with E-state index in [1.807, 2.05) is 0 Å². The number of hydrogen-bond acceptors (Lipinski definition) is 4. The molecule has 1 N–H and O–H groups in total. The average Bonchev–Trinajstić information content (AvgIpc) is 2.44. The fraction of sp³-hybridized carbons (Fsp3) is 0.500. The lowest BCUT2D eigenvalue weighted by atomic mass is 10.1. The molecule has 1 fully saturated rings. The topological polar surface area (TPSA) is 41.6 Å². The van der Waals surface area contributed by atoms with E-state index in [0.717, 1.165) is 0 Å². The van der Waals surface area contributed by atoms with Crippen LogP contribution in [0.25, 0.3) is 0 Å². The Bertz CT molecular complexity index is 462. The Morgan fingerprint density at radius 2 is 2.15 bits per heavy atom. The molecule has 0 bridgehead atoms. The summed E-state index contributed by atoms with van der Waals surface area (Å²) in [5, 5.41) is 3.09. The lowest BCUT2D eigenvalue weighted by molar-refractivity contribution is -0.150. The number of halogens is 2. The van der Waals surface area contributed by atoms with Gasteiger partial charge in [-0.25, -0.2) is 8.78 Å². The van der Waals surface area contributed by atoms with Gasteiger partial charge in [-0.15, -0.1) is 0 Å². The average molecular weight is 284 g/mol. The van der Waals surface area contributed by atoms with Crippen LogP contribution < -0.4 is 5.32 Å². The van der Waals surface area contributed by atoms with E-state index in [4.69, 9.17) is 4.74 Å². The van der Waals surface area contributed by atoms with E-state index in [0.29, 0.717) is 19.6 Å². The molecule has 1 aliphatic heterocycles. The number of nitrogens with zero attached hydrogens (tertiary/aromatic N) is 1. The van der Waals surface area contributed by atoms with Crippen molar-refractivity contribution in [3.8, 4) is 0 Å². The summed E-state index contributed by atoms with van der Waals surface area (Å²) >= 11 is 0.